The fourth-order valence-corrected chi connectivity index (χ4v) is 3.57. The normalized spacial score (nSPS) is 20.1. The summed E-state index contributed by atoms with van der Waals surface area (Å²) in [6.45, 7) is 5.62. The lowest BCUT2D eigenvalue weighted by molar-refractivity contribution is 0.0684. The highest BCUT2D eigenvalue weighted by Gasteiger charge is 2.19. The van der Waals surface area contributed by atoms with E-state index in [2.05, 4.69) is 39.9 Å². The van der Waals surface area contributed by atoms with Crippen LogP contribution < -0.4 is 9.80 Å². The summed E-state index contributed by atoms with van der Waals surface area (Å²) in [7, 11) is 4.25. The predicted octanol–water partition coefficient (Wildman–Crippen LogP) is 2.20. The van der Waals surface area contributed by atoms with Crippen LogP contribution >= 0.6 is 0 Å². The number of rotatable bonds is 6. The van der Waals surface area contributed by atoms with E-state index in [1.165, 1.54) is 0 Å². The molecule has 24 heavy (non-hydrogen) atoms. The average molecular weight is 334 g/mol. The maximum atomic E-state index is 5.45. The van der Waals surface area contributed by atoms with E-state index in [-0.39, 0.29) is 0 Å². The summed E-state index contributed by atoms with van der Waals surface area (Å²) >= 11 is 0. The molecule has 0 aliphatic carbocycles. The molecule has 1 aromatic rings. The Labute approximate surface area is 145 Å². The van der Waals surface area contributed by atoms with Gasteiger partial charge in [-0.1, -0.05) is 0 Å². The third-order valence-corrected chi connectivity index (χ3v) is 5.17. The van der Waals surface area contributed by atoms with Crippen molar-refractivity contribution >= 4 is 11.6 Å². The van der Waals surface area contributed by atoms with Crippen LogP contribution in [0.3, 0.4) is 0 Å². The molecule has 0 unspecified atom stereocenters. The van der Waals surface area contributed by atoms with Crippen LogP contribution in [0, 0.1) is 11.8 Å². The summed E-state index contributed by atoms with van der Waals surface area (Å²) in [5.74, 6) is 3.40. The second-order valence-electron chi connectivity index (χ2n) is 7.11. The van der Waals surface area contributed by atoms with E-state index in [0.29, 0.717) is 11.8 Å². The molecule has 6 nitrogen and oxygen atoms in total. The van der Waals surface area contributed by atoms with Crippen LogP contribution in [0.2, 0.25) is 0 Å². The van der Waals surface area contributed by atoms with Gasteiger partial charge in [0, 0.05) is 59.7 Å². The van der Waals surface area contributed by atoms with E-state index >= 15 is 0 Å². The molecule has 0 saturated carbocycles. The molecule has 0 spiro atoms. The molecule has 6 heteroatoms. The van der Waals surface area contributed by atoms with Crippen molar-refractivity contribution in [3.63, 3.8) is 0 Å². The fourth-order valence-electron chi connectivity index (χ4n) is 3.57. The van der Waals surface area contributed by atoms with Gasteiger partial charge in [-0.3, -0.25) is 0 Å². The SMILES string of the molecule is CN(CC1CCOCC1)c1cc(N(C)CC2CCOCC2)ncn1. The van der Waals surface area contributed by atoms with Gasteiger partial charge in [-0.15, -0.1) is 0 Å². The smallest absolute Gasteiger partial charge is 0.133 e. The summed E-state index contributed by atoms with van der Waals surface area (Å²) in [6, 6.07) is 2.11. The number of anilines is 2. The molecule has 0 N–H and O–H groups in total. The Morgan fingerprint density at radius 2 is 1.25 bits per heavy atom. The van der Waals surface area contributed by atoms with Crippen molar-refractivity contribution in [1.82, 2.24) is 9.97 Å². The van der Waals surface area contributed by atoms with Crippen LogP contribution in [0.4, 0.5) is 11.6 Å². The van der Waals surface area contributed by atoms with Gasteiger partial charge in [-0.25, -0.2) is 9.97 Å². The number of ether oxygens (including phenoxy) is 2. The summed E-state index contributed by atoms with van der Waals surface area (Å²) in [6.07, 6.45) is 6.27. The Bertz CT molecular complexity index is 460. The molecule has 0 aromatic carbocycles. The minimum atomic E-state index is 0.696. The zero-order chi connectivity index (χ0) is 16.8. The fraction of sp³-hybridized carbons (Fsp3) is 0.778. The predicted molar refractivity (Wildman–Crippen MR) is 95.7 cm³/mol. The van der Waals surface area contributed by atoms with Gasteiger partial charge in [-0.05, 0) is 37.5 Å². The van der Waals surface area contributed by atoms with E-state index in [1.54, 1.807) is 6.33 Å². The second-order valence-corrected chi connectivity index (χ2v) is 7.11. The van der Waals surface area contributed by atoms with Crippen molar-refractivity contribution in [3.05, 3.63) is 12.4 Å². The van der Waals surface area contributed by atoms with Crippen LogP contribution in [0.25, 0.3) is 0 Å². The summed E-state index contributed by atoms with van der Waals surface area (Å²) < 4.78 is 10.9. The van der Waals surface area contributed by atoms with Gasteiger partial charge in [0.1, 0.15) is 18.0 Å². The zero-order valence-corrected chi connectivity index (χ0v) is 15.0. The van der Waals surface area contributed by atoms with Crippen LogP contribution in [0.5, 0.6) is 0 Å². The highest BCUT2D eigenvalue weighted by atomic mass is 16.5. The number of nitrogens with zero attached hydrogens (tertiary/aromatic N) is 4. The zero-order valence-electron chi connectivity index (χ0n) is 15.0. The molecular weight excluding hydrogens is 304 g/mol. The minimum Gasteiger partial charge on any atom is -0.381 e. The largest absolute Gasteiger partial charge is 0.381 e. The molecule has 0 bridgehead atoms. The molecule has 3 rings (SSSR count). The first-order valence-electron chi connectivity index (χ1n) is 9.12. The summed E-state index contributed by atoms with van der Waals surface area (Å²) in [5.41, 5.74) is 0. The first-order valence-corrected chi connectivity index (χ1v) is 9.12. The lowest BCUT2D eigenvalue weighted by atomic mass is 10.00. The second kappa shape index (κ2) is 8.62. The van der Waals surface area contributed by atoms with Gasteiger partial charge in [0.2, 0.25) is 0 Å². The molecular formula is C18H30N4O2. The number of hydrogen-bond acceptors (Lipinski definition) is 6. The van der Waals surface area contributed by atoms with Gasteiger partial charge in [-0.2, -0.15) is 0 Å². The Morgan fingerprint density at radius 1 is 0.833 bits per heavy atom. The maximum absolute atomic E-state index is 5.45. The summed E-state index contributed by atoms with van der Waals surface area (Å²) in [4.78, 5) is 13.4. The minimum absolute atomic E-state index is 0.696. The van der Waals surface area contributed by atoms with Crippen LogP contribution in [0.15, 0.2) is 12.4 Å². The Hall–Kier alpha value is -1.40. The van der Waals surface area contributed by atoms with E-state index in [1.807, 2.05) is 0 Å². The standard InChI is InChI=1S/C18H30N4O2/c1-21(12-15-3-7-23-8-4-15)17-11-18(20-14-19-17)22(2)13-16-5-9-24-10-6-16/h11,14-16H,3-10,12-13H2,1-2H3. The molecule has 0 radical (unpaired) electrons. The number of aromatic nitrogens is 2. The van der Waals surface area contributed by atoms with Crippen molar-refractivity contribution in [1.29, 1.82) is 0 Å². The quantitative estimate of drug-likeness (QED) is 0.795. The summed E-state index contributed by atoms with van der Waals surface area (Å²) in [5, 5.41) is 0. The van der Waals surface area contributed by atoms with Crippen LogP contribution in [-0.4, -0.2) is 63.6 Å². The first-order chi connectivity index (χ1) is 11.7. The molecule has 134 valence electrons. The molecule has 2 saturated heterocycles. The molecule has 0 amide bonds. The molecule has 2 aliphatic rings. The lowest BCUT2D eigenvalue weighted by Gasteiger charge is -2.29. The third kappa shape index (κ3) is 4.80. The van der Waals surface area contributed by atoms with E-state index in [9.17, 15) is 0 Å². The van der Waals surface area contributed by atoms with Crippen molar-refractivity contribution in [2.75, 3.05) is 63.4 Å². The Balaban J connectivity index is 1.57. The Kier molecular flexibility index (Phi) is 6.26. The Morgan fingerprint density at radius 3 is 1.67 bits per heavy atom. The topological polar surface area (TPSA) is 50.7 Å². The third-order valence-electron chi connectivity index (χ3n) is 5.17. The highest BCUT2D eigenvalue weighted by molar-refractivity contribution is 5.49. The monoisotopic (exact) mass is 334 g/mol. The van der Waals surface area contributed by atoms with Gasteiger partial charge in [0.25, 0.3) is 0 Å². The molecule has 2 fully saturated rings. The molecule has 1 aromatic heterocycles. The van der Waals surface area contributed by atoms with Gasteiger partial charge in [0.15, 0.2) is 0 Å². The first kappa shape index (κ1) is 17.4. The molecule has 0 atom stereocenters. The number of hydrogen-bond donors (Lipinski definition) is 0. The molecule has 2 aliphatic heterocycles. The highest BCUT2D eigenvalue weighted by Crippen LogP contribution is 2.22. The van der Waals surface area contributed by atoms with Crippen molar-refractivity contribution in [3.8, 4) is 0 Å². The van der Waals surface area contributed by atoms with Crippen molar-refractivity contribution in [2.24, 2.45) is 11.8 Å². The van der Waals surface area contributed by atoms with Gasteiger partial charge in [0.05, 0.1) is 0 Å². The van der Waals surface area contributed by atoms with Crippen molar-refractivity contribution < 1.29 is 9.47 Å². The van der Waals surface area contributed by atoms with E-state index in [0.717, 1.165) is 76.8 Å². The van der Waals surface area contributed by atoms with Crippen molar-refractivity contribution in [2.45, 2.75) is 25.7 Å². The van der Waals surface area contributed by atoms with Gasteiger partial charge < -0.3 is 19.3 Å². The average Bonchev–Trinajstić information content (AvgIpc) is 2.63. The van der Waals surface area contributed by atoms with Crippen LogP contribution in [0.1, 0.15) is 25.7 Å². The van der Waals surface area contributed by atoms with E-state index in [4.69, 9.17) is 9.47 Å². The molecule has 3 heterocycles. The lowest BCUT2D eigenvalue weighted by Crippen LogP contribution is -2.31. The van der Waals surface area contributed by atoms with Gasteiger partial charge >= 0.3 is 0 Å². The van der Waals surface area contributed by atoms with E-state index < -0.39 is 0 Å². The van der Waals surface area contributed by atoms with Crippen LogP contribution in [-0.2, 0) is 9.47 Å². The maximum Gasteiger partial charge on any atom is 0.133 e.